The van der Waals surface area contributed by atoms with Gasteiger partial charge in [0.2, 0.25) is 0 Å². The molecule has 0 saturated heterocycles. The van der Waals surface area contributed by atoms with Gasteiger partial charge in [-0.2, -0.15) is 0 Å². The molecular weight excluding hydrogens is 661 g/mol. The molecule has 6 nitrogen and oxygen atoms in total. The summed E-state index contributed by atoms with van der Waals surface area (Å²) < 4.78 is 0. The van der Waals surface area contributed by atoms with E-state index in [1.54, 1.807) is 6.20 Å². The number of aromatic nitrogens is 6. The van der Waals surface area contributed by atoms with E-state index in [0.717, 1.165) is 61.7 Å². The molecule has 254 valence electrons. The van der Waals surface area contributed by atoms with Gasteiger partial charge in [-0.25, -0.2) is 19.9 Å². The molecule has 4 aromatic heterocycles. The molecule has 0 aliphatic rings. The van der Waals surface area contributed by atoms with Gasteiger partial charge in [-0.1, -0.05) is 152 Å². The summed E-state index contributed by atoms with van der Waals surface area (Å²) >= 11 is 0. The van der Waals surface area contributed by atoms with Crippen LogP contribution in [-0.4, -0.2) is 29.9 Å². The van der Waals surface area contributed by atoms with Gasteiger partial charge >= 0.3 is 0 Å². The SMILES string of the molecule is c1ccc(-c2ccc(-c3cc(-c4ccccn4)nc(-c4ccc(-c5ccc(-c6nc(-c7ccccc7)nc(-c7ccccc7)n6)cc5)cn4)c3)cc2)cc1. The second-order valence-electron chi connectivity index (χ2n) is 12.8. The Hall–Kier alpha value is -7.44. The standard InChI is InChI=1S/C48H32N6/c1-4-12-33(13-5-1)34-19-21-36(22-20-34)41-30-44(42-18-10-11-29-49-42)51-45(31-41)43-28-27-40(32-50-43)35-23-25-39(26-24-35)48-53-46(37-14-6-2-7-15-37)52-47(54-48)38-16-8-3-9-17-38/h1-32H. The Kier molecular flexibility index (Phi) is 8.81. The molecule has 0 saturated carbocycles. The fourth-order valence-electron chi connectivity index (χ4n) is 6.43. The predicted molar refractivity (Wildman–Crippen MR) is 217 cm³/mol. The lowest BCUT2D eigenvalue weighted by Crippen LogP contribution is -2.00. The van der Waals surface area contributed by atoms with E-state index < -0.39 is 0 Å². The van der Waals surface area contributed by atoms with Crippen LogP contribution in [0.25, 0.3) is 90.3 Å². The van der Waals surface area contributed by atoms with Crippen molar-refractivity contribution in [3.63, 3.8) is 0 Å². The Morgan fingerprint density at radius 1 is 0.241 bits per heavy atom. The summed E-state index contributed by atoms with van der Waals surface area (Å²) in [4.78, 5) is 29.1. The monoisotopic (exact) mass is 692 g/mol. The summed E-state index contributed by atoms with van der Waals surface area (Å²) in [6.45, 7) is 0. The first-order chi connectivity index (χ1) is 26.7. The molecule has 0 spiro atoms. The van der Waals surface area contributed by atoms with E-state index in [4.69, 9.17) is 24.9 Å². The average molecular weight is 693 g/mol. The van der Waals surface area contributed by atoms with Crippen LogP contribution in [0.1, 0.15) is 0 Å². The quantitative estimate of drug-likeness (QED) is 0.158. The largest absolute Gasteiger partial charge is 0.255 e. The van der Waals surface area contributed by atoms with Gasteiger partial charge in [-0.05, 0) is 58.1 Å². The van der Waals surface area contributed by atoms with Gasteiger partial charge in [0.05, 0.1) is 22.8 Å². The van der Waals surface area contributed by atoms with Gasteiger partial charge in [0.25, 0.3) is 0 Å². The number of hydrogen-bond donors (Lipinski definition) is 0. The summed E-state index contributed by atoms with van der Waals surface area (Å²) in [5.74, 6) is 1.89. The number of pyridine rings is 3. The molecule has 0 N–H and O–H groups in total. The Morgan fingerprint density at radius 2 is 0.630 bits per heavy atom. The molecule has 54 heavy (non-hydrogen) atoms. The van der Waals surface area contributed by atoms with Crippen LogP contribution in [0.4, 0.5) is 0 Å². The van der Waals surface area contributed by atoms with Crippen LogP contribution in [0.3, 0.4) is 0 Å². The topological polar surface area (TPSA) is 77.3 Å². The zero-order chi connectivity index (χ0) is 36.1. The summed E-state index contributed by atoms with van der Waals surface area (Å²) in [6.07, 6.45) is 3.69. The number of hydrogen-bond acceptors (Lipinski definition) is 6. The van der Waals surface area contributed by atoms with E-state index in [-0.39, 0.29) is 0 Å². The van der Waals surface area contributed by atoms with Crippen LogP contribution < -0.4 is 0 Å². The average Bonchev–Trinajstić information content (AvgIpc) is 3.27. The highest BCUT2D eigenvalue weighted by atomic mass is 15.0. The van der Waals surface area contributed by atoms with Crippen molar-refractivity contribution in [3.8, 4) is 90.3 Å². The lowest BCUT2D eigenvalue weighted by Gasteiger charge is -2.11. The van der Waals surface area contributed by atoms with Crippen molar-refractivity contribution in [2.45, 2.75) is 0 Å². The summed E-state index contributed by atoms with van der Waals surface area (Å²) in [7, 11) is 0. The molecule has 9 rings (SSSR count). The van der Waals surface area contributed by atoms with Crippen molar-refractivity contribution in [1.82, 2.24) is 29.9 Å². The van der Waals surface area contributed by atoms with E-state index in [2.05, 4.69) is 96.0 Å². The fraction of sp³-hybridized carbons (Fsp3) is 0. The Morgan fingerprint density at radius 3 is 1.11 bits per heavy atom. The van der Waals surface area contributed by atoms with E-state index >= 15 is 0 Å². The molecule has 4 heterocycles. The molecule has 0 radical (unpaired) electrons. The van der Waals surface area contributed by atoms with Crippen LogP contribution in [0.5, 0.6) is 0 Å². The van der Waals surface area contributed by atoms with Crippen molar-refractivity contribution < 1.29 is 0 Å². The molecule has 0 fully saturated rings. The molecule has 0 bridgehead atoms. The van der Waals surface area contributed by atoms with Gasteiger partial charge in [0.15, 0.2) is 17.5 Å². The van der Waals surface area contributed by atoms with E-state index in [0.29, 0.717) is 17.5 Å². The second kappa shape index (κ2) is 14.7. The van der Waals surface area contributed by atoms with Crippen LogP contribution in [0, 0.1) is 0 Å². The van der Waals surface area contributed by atoms with E-state index in [1.165, 1.54) is 11.1 Å². The zero-order valence-electron chi connectivity index (χ0n) is 29.2. The lowest BCUT2D eigenvalue weighted by molar-refractivity contribution is 1.07. The molecule has 0 unspecified atom stereocenters. The minimum atomic E-state index is 0.618. The van der Waals surface area contributed by atoms with Crippen molar-refractivity contribution >= 4 is 0 Å². The van der Waals surface area contributed by atoms with E-state index in [9.17, 15) is 0 Å². The van der Waals surface area contributed by atoms with Crippen molar-refractivity contribution in [2.75, 3.05) is 0 Å². The van der Waals surface area contributed by atoms with Gasteiger partial charge in [-0.15, -0.1) is 0 Å². The van der Waals surface area contributed by atoms with Gasteiger partial charge in [0.1, 0.15) is 0 Å². The van der Waals surface area contributed by atoms with Gasteiger partial charge in [-0.3, -0.25) is 9.97 Å². The number of nitrogens with zero attached hydrogens (tertiary/aromatic N) is 6. The lowest BCUT2D eigenvalue weighted by atomic mass is 9.99. The Labute approximate surface area is 313 Å². The third-order valence-corrected chi connectivity index (χ3v) is 9.28. The van der Waals surface area contributed by atoms with Crippen LogP contribution >= 0.6 is 0 Å². The highest BCUT2D eigenvalue weighted by Crippen LogP contribution is 2.32. The molecular formula is C48H32N6. The van der Waals surface area contributed by atoms with Crippen molar-refractivity contribution in [1.29, 1.82) is 0 Å². The Balaban J connectivity index is 1.02. The van der Waals surface area contributed by atoms with Crippen molar-refractivity contribution in [3.05, 3.63) is 194 Å². The first-order valence-corrected chi connectivity index (χ1v) is 17.8. The third kappa shape index (κ3) is 6.92. The molecule has 0 aliphatic heterocycles. The van der Waals surface area contributed by atoms with Crippen molar-refractivity contribution in [2.24, 2.45) is 0 Å². The fourth-order valence-corrected chi connectivity index (χ4v) is 6.43. The minimum Gasteiger partial charge on any atom is -0.255 e. The minimum absolute atomic E-state index is 0.618. The van der Waals surface area contributed by atoms with Crippen LogP contribution in [-0.2, 0) is 0 Å². The van der Waals surface area contributed by atoms with Crippen LogP contribution in [0.15, 0.2) is 194 Å². The number of rotatable bonds is 8. The maximum absolute atomic E-state index is 5.03. The summed E-state index contributed by atoms with van der Waals surface area (Å²) in [5, 5.41) is 0. The highest BCUT2D eigenvalue weighted by molar-refractivity contribution is 5.78. The zero-order valence-corrected chi connectivity index (χ0v) is 29.2. The first-order valence-electron chi connectivity index (χ1n) is 17.8. The maximum atomic E-state index is 5.03. The summed E-state index contributed by atoms with van der Waals surface area (Å²) in [5.41, 5.74) is 12.5. The molecule has 5 aromatic carbocycles. The first kappa shape index (κ1) is 32.5. The Bertz CT molecular complexity index is 2590. The van der Waals surface area contributed by atoms with Gasteiger partial charge in [0, 0.05) is 34.6 Å². The molecule has 6 heteroatoms. The summed E-state index contributed by atoms with van der Waals surface area (Å²) in [6, 6.07) is 61.5. The second-order valence-corrected chi connectivity index (χ2v) is 12.8. The van der Waals surface area contributed by atoms with Gasteiger partial charge < -0.3 is 0 Å². The van der Waals surface area contributed by atoms with Crippen LogP contribution in [0.2, 0.25) is 0 Å². The molecule has 0 aliphatic carbocycles. The maximum Gasteiger partial charge on any atom is 0.164 e. The predicted octanol–water partition coefficient (Wildman–Crippen LogP) is 11.4. The smallest absolute Gasteiger partial charge is 0.164 e. The molecule has 9 aromatic rings. The highest BCUT2D eigenvalue weighted by Gasteiger charge is 2.14. The molecule has 0 amide bonds. The number of benzene rings is 5. The van der Waals surface area contributed by atoms with E-state index in [1.807, 2.05) is 97.2 Å². The normalized spacial score (nSPS) is 11.0. The molecule has 0 atom stereocenters. The third-order valence-electron chi connectivity index (χ3n) is 9.28.